The van der Waals surface area contributed by atoms with E-state index in [0.29, 0.717) is 5.92 Å². The molecule has 0 fully saturated rings. The average Bonchev–Trinajstić information content (AvgIpc) is 2.65. The minimum atomic E-state index is 0.508. The van der Waals surface area contributed by atoms with Crippen LogP contribution in [0, 0.1) is 0 Å². The number of para-hydroxylation sites is 1. The van der Waals surface area contributed by atoms with Gasteiger partial charge in [0.15, 0.2) is 0 Å². The van der Waals surface area contributed by atoms with Crippen LogP contribution in [0.4, 0.5) is 0 Å². The molecule has 1 N–H and O–H groups in total. The van der Waals surface area contributed by atoms with Gasteiger partial charge in [0, 0.05) is 5.92 Å². The normalized spacial score (nSPS) is 11.5. The molecule has 0 atom stereocenters. The van der Waals surface area contributed by atoms with Crippen molar-refractivity contribution < 1.29 is 0 Å². The summed E-state index contributed by atoms with van der Waals surface area (Å²) in [7, 11) is 0. The Hall–Kier alpha value is -1.02. The van der Waals surface area contributed by atoms with Gasteiger partial charge in [-0.1, -0.05) is 31.5 Å². The Morgan fingerprint density at radius 2 is 2.07 bits per heavy atom. The smallest absolute Gasteiger partial charge is 0.110 e. The predicted molar refractivity (Wildman–Crippen MR) is 64.4 cm³/mol. The molecule has 15 heavy (non-hydrogen) atoms. The van der Waals surface area contributed by atoms with Crippen molar-refractivity contribution in [1.29, 1.82) is 0 Å². The topological polar surface area (TPSA) is 28.7 Å². The summed E-state index contributed by atoms with van der Waals surface area (Å²) in [5, 5.41) is 0.723. The van der Waals surface area contributed by atoms with Gasteiger partial charge in [0.25, 0.3) is 0 Å². The summed E-state index contributed by atoms with van der Waals surface area (Å²) in [6.45, 7) is 4.37. The van der Waals surface area contributed by atoms with Gasteiger partial charge in [0.2, 0.25) is 0 Å². The zero-order valence-electron chi connectivity index (χ0n) is 9.05. The van der Waals surface area contributed by atoms with Gasteiger partial charge in [-0.2, -0.15) is 0 Å². The number of aromatic nitrogens is 2. The van der Waals surface area contributed by atoms with Crippen molar-refractivity contribution in [2.45, 2.75) is 32.6 Å². The van der Waals surface area contributed by atoms with E-state index in [2.05, 4.69) is 23.8 Å². The highest BCUT2D eigenvalue weighted by atomic mass is 35.5. The first-order valence-electron chi connectivity index (χ1n) is 5.40. The van der Waals surface area contributed by atoms with E-state index in [-0.39, 0.29) is 0 Å². The lowest BCUT2D eigenvalue weighted by atomic mass is 10.0. The molecular formula is C12H15ClN2. The van der Waals surface area contributed by atoms with E-state index in [1.54, 1.807) is 0 Å². The number of fused-ring (bicyclic) bond motifs is 1. The van der Waals surface area contributed by atoms with Crippen molar-refractivity contribution in [3.63, 3.8) is 0 Å². The van der Waals surface area contributed by atoms with Crippen LogP contribution in [0.25, 0.3) is 11.0 Å². The molecule has 0 amide bonds. The number of hydrogen-bond acceptors (Lipinski definition) is 1. The fourth-order valence-corrected chi connectivity index (χ4v) is 2.10. The van der Waals surface area contributed by atoms with Crippen LogP contribution >= 0.6 is 11.6 Å². The zero-order chi connectivity index (χ0) is 10.8. The summed E-state index contributed by atoms with van der Waals surface area (Å²) in [5.41, 5.74) is 1.92. The molecule has 0 radical (unpaired) electrons. The molecule has 1 aromatic carbocycles. The van der Waals surface area contributed by atoms with Crippen molar-refractivity contribution >= 4 is 22.6 Å². The van der Waals surface area contributed by atoms with Crippen LogP contribution in [-0.4, -0.2) is 9.97 Å². The van der Waals surface area contributed by atoms with Gasteiger partial charge in [-0.3, -0.25) is 0 Å². The van der Waals surface area contributed by atoms with E-state index in [1.807, 2.05) is 18.2 Å². The fraction of sp³-hybridized carbons (Fsp3) is 0.417. The van der Waals surface area contributed by atoms with Crippen LogP contribution in [0.15, 0.2) is 18.2 Å². The molecule has 0 aliphatic carbocycles. The Labute approximate surface area is 94.7 Å². The lowest BCUT2D eigenvalue weighted by Gasteiger charge is -2.07. The number of imidazole rings is 1. The van der Waals surface area contributed by atoms with Gasteiger partial charge in [-0.25, -0.2) is 4.98 Å². The van der Waals surface area contributed by atoms with Crippen LogP contribution in [0.1, 0.15) is 38.4 Å². The Morgan fingerprint density at radius 3 is 2.67 bits per heavy atom. The lowest BCUT2D eigenvalue weighted by molar-refractivity contribution is 0.611. The van der Waals surface area contributed by atoms with Crippen LogP contribution < -0.4 is 0 Å². The quantitative estimate of drug-likeness (QED) is 0.832. The maximum atomic E-state index is 6.08. The number of rotatable bonds is 3. The Kier molecular flexibility index (Phi) is 2.96. The largest absolute Gasteiger partial charge is 0.342 e. The number of hydrogen-bond donors (Lipinski definition) is 1. The summed E-state index contributed by atoms with van der Waals surface area (Å²) >= 11 is 6.08. The molecule has 2 aromatic rings. The van der Waals surface area contributed by atoms with Gasteiger partial charge in [0.1, 0.15) is 11.3 Å². The van der Waals surface area contributed by atoms with E-state index >= 15 is 0 Å². The number of halogens is 1. The molecule has 1 heterocycles. The molecule has 0 unspecified atom stereocenters. The first kappa shape index (κ1) is 10.5. The number of aromatic amines is 1. The molecule has 0 aliphatic heterocycles. The second kappa shape index (κ2) is 4.23. The minimum Gasteiger partial charge on any atom is -0.342 e. The molecule has 0 aliphatic rings. The van der Waals surface area contributed by atoms with Crippen LogP contribution in [0.5, 0.6) is 0 Å². The first-order valence-corrected chi connectivity index (χ1v) is 5.78. The Balaban J connectivity index is 2.51. The SMILES string of the molecule is CCC(CC)c1nc2c(Cl)cccc2[nH]1. The molecule has 1 aromatic heterocycles. The number of nitrogens with one attached hydrogen (secondary N) is 1. The van der Waals surface area contributed by atoms with Gasteiger partial charge < -0.3 is 4.98 Å². The Morgan fingerprint density at radius 1 is 1.33 bits per heavy atom. The standard InChI is InChI=1S/C12H15ClN2/c1-3-8(4-2)12-14-10-7-5-6-9(13)11(10)15-12/h5-8H,3-4H2,1-2H3,(H,14,15). The zero-order valence-corrected chi connectivity index (χ0v) is 9.80. The Bertz CT molecular complexity index is 458. The molecular weight excluding hydrogens is 208 g/mol. The minimum absolute atomic E-state index is 0.508. The van der Waals surface area contributed by atoms with Crippen molar-refractivity contribution in [2.24, 2.45) is 0 Å². The number of H-pyrrole nitrogens is 1. The van der Waals surface area contributed by atoms with Crippen LogP contribution in [0.2, 0.25) is 5.02 Å². The maximum Gasteiger partial charge on any atom is 0.110 e. The van der Waals surface area contributed by atoms with E-state index in [4.69, 9.17) is 11.6 Å². The maximum absolute atomic E-state index is 6.08. The fourth-order valence-electron chi connectivity index (χ4n) is 1.88. The van der Waals surface area contributed by atoms with Gasteiger partial charge in [0.05, 0.1) is 10.5 Å². The van der Waals surface area contributed by atoms with E-state index in [0.717, 1.165) is 34.7 Å². The number of benzene rings is 1. The third kappa shape index (κ3) is 1.86. The van der Waals surface area contributed by atoms with Gasteiger partial charge >= 0.3 is 0 Å². The molecule has 3 heteroatoms. The number of nitrogens with zero attached hydrogens (tertiary/aromatic N) is 1. The molecule has 0 saturated heterocycles. The summed E-state index contributed by atoms with van der Waals surface area (Å²) in [6.07, 6.45) is 2.21. The van der Waals surface area contributed by atoms with Gasteiger partial charge in [-0.15, -0.1) is 0 Å². The average molecular weight is 223 g/mol. The van der Waals surface area contributed by atoms with Crippen molar-refractivity contribution in [1.82, 2.24) is 9.97 Å². The third-order valence-corrected chi connectivity index (χ3v) is 3.16. The van der Waals surface area contributed by atoms with Crippen LogP contribution in [-0.2, 0) is 0 Å². The molecule has 2 nitrogen and oxygen atoms in total. The molecule has 0 saturated carbocycles. The van der Waals surface area contributed by atoms with Crippen molar-refractivity contribution in [3.05, 3.63) is 29.0 Å². The monoisotopic (exact) mass is 222 g/mol. The van der Waals surface area contributed by atoms with E-state index in [9.17, 15) is 0 Å². The molecule has 0 bridgehead atoms. The van der Waals surface area contributed by atoms with Crippen molar-refractivity contribution in [3.8, 4) is 0 Å². The molecule has 2 rings (SSSR count). The summed E-state index contributed by atoms with van der Waals surface area (Å²) in [6, 6.07) is 5.83. The highest BCUT2D eigenvalue weighted by molar-refractivity contribution is 6.34. The summed E-state index contributed by atoms with van der Waals surface area (Å²) in [4.78, 5) is 7.91. The van der Waals surface area contributed by atoms with E-state index in [1.165, 1.54) is 0 Å². The predicted octanol–water partition coefficient (Wildman–Crippen LogP) is 4.12. The summed E-state index contributed by atoms with van der Waals surface area (Å²) in [5.74, 6) is 1.57. The lowest BCUT2D eigenvalue weighted by Crippen LogP contribution is -1.97. The van der Waals surface area contributed by atoms with Crippen LogP contribution in [0.3, 0.4) is 0 Å². The van der Waals surface area contributed by atoms with Gasteiger partial charge in [-0.05, 0) is 25.0 Å². The van der Waals surface area contributed by atoms with Crippen molar-refractivity contribution in [2.75, 3.05) is 0 Å². The molecule has 80 valence electrons. The third-order valence-electron chi connectivity index (χ3n) is 2.85. The second-order valence-electron chi connectivity index (χ2n) is 3.77. The highest BCUT2D eigenvalue weighted by Crippen LogP contribution is 2.26. The van der Waals surface area contributed by atoms with E-state index < -0.39 is 0 Å². The molecule has 0 spiro atoms. The first-order chi connectivity index (χ1) is 7.26. The second-order valence-corrected chi connectivity index (χ2v) is 4.18. The summed E-state index contributed by atoms with van der Waals surface area (Å²) < 4.78 is 0. The highest BCUT2D eigenvalue weighted by Gasteiger charge is 2.12.